The van der Waals surface area contributed by atoms with Crippen molar-refractivity contribution in [3.63, 3.8) is 0 Å². The topological polar surface area (TPSA) is 30.5 Å². The molecule has 0 aromatic heterocycles. The highest BCUT2D eigenvalue weighted by molar-refractivity contribution is 5.55. The second kappa shape index (κ2) is 4.01. The van der Waals surface area contributed by atoms with E-state index in [2.05, 4.69) is 26.1 Å². The van der Waals surface area contributed by atoms with Gasteiger partial charge in [0.25, 0.3) is 0 Å². The van der Waals surface area contributed by atoms with Gasteiger partial charge in [-0.15, -0.1) is 0 Å². The van der Waals surface area contributed by atoms with E-state index >= 15 is 0 Å². The van der Waals surface area contributed by atoms with E-state index in [9.17, 15) is 0 Å². The maximum absolute atomic E-state index is 5.32. The minimum atomic E-state index is 0.332. The van der Waals surface area contributed by atoms with E-state index in [4.69, 9.17) is 9.47 Å². The average Bonchev–Trinajstić information content (AvgIpc) is 2.64. The molecule has 1 aromatic carbocycles. The van der Waals surface area contributed by atoms with E-state index in [1.165, 1.54) is 0 Å². The summed E-state index contributed by atoms with van der Waals surface area (Å²) in [6, 6.07) is 6.40. The summed E-state index contributed by atoms with van der Waals surface area (Å²) in [6.45, 7) is 6.91. The molecule has 0 spiro atoms. The fraction of sp³-hybridized carbons (Fsp3) is 0.500. The van der Waals surface area contributed by atoms with E-state index < -0.39 is 0 Å². The van der Waals surface area contributed by atoms with Gasteiger partial charge in [-0.05, 0) is 25.0 Å². The van der Waals surface area contributed by atoms with Gasteiger partial charge in [0.2, 0.25) is 6.79 Å². The van der Waals surface area contributed by atoms with Gasteiger partial charge in [-0.3, -0.25) is 0 Å². The van der Waals surface area contributed by atoms with Crippen LogP contribution in [0.2, 0.25) is 0 Å². The van der Waals surface area contributed by atoms with Crippen molar-refractivity contribution >= 4 is 5.69 Å². The number of hydrogen-bond acceptors (Lipinski definition) is 3. The van der Waals surface area contributed by atoms with Crippen LogP contribution in [0.15, 0.2) is 18.2 Å². The van der Waals surface area contributed by atoms with Crippen LogP contribution in [-0.4, -0.2) is 12.8 Å². The smallest absolute Gasteiger partial charge is 0.231 e. The van der Waals surface area contributed by atoms with Gasteiger partial charge in [-0.25, -0.2) is 0 Å². The Morgan fingerprint density at radius 2 is 1.87 bits per heavy atom. The quantitative estimate of drug-likeness (QED) is 0.826. The number of fused-ring (bicyclic) bond motifs is 1. The number of hydrogen-bond donors (Lipinski definition) is 1. The van der Waals surface area contributed by atoms with E-state index in [1.807, 2.05) is 18.2 Å². The lowest BCUT2D eigenvalue weighted by atomic mass is 10.1. The van der Waals surface area contributed by atoms with Gasteiger partial charge in [-0.1, -0.05) is 13.8 Å². The SMILES string of the molecule is CC(C)[C@H](C)Nc1ccc2c(c1)OCO2. The Bertz CT molecular complexity index is 349. The Hall–Kier alpha value is -1.38. The molecule has 0 aliphatic carbocycles. The molecule has 15 heavy (non-hydrogen) atoms. The third kappa shape index (κ3) is 2.17. The van der Waals surface area contributed by atoms with Gasteiger partial charge in [0, 0.05) is 17.8 Å². The van der Waals surface area contributed by atoms with Crippen LogP contribution in [0.25, 0.3) is 0 Å². The summed E-state index contributed by atoms with van der Waals surface area (Å²) in [5.74, 6) is 2.27. The molecule has 3 heteroatoms. The Labute approximate surface area is 90.4 Å². The lowest BCUT2D eigenvalue weighted by molar-refractivity contribution is 0.174. The third-order valence-electron chi connectivity index (χ3n) is 2.77. The fourth-order valence-electron chi connectivity index (χ4n) is 1.42. The molecule has 2 rings (SSSR count). The fourth-order valence-corrected chi connectivity index (χ4v) is 1.42. The number of anilines is 1. The first-order chi connectivity index (χ1) is 7.16. The molecule has 1 heterocycles. The first-order valence-electron chi connectivity index (χ1n) is 5.33. The minimum absolute atomic E-state index is 0.332. The van der Waals surface area contributed by atoms with Crippen LogP contribution in [0.5, 0.6) is 11.5 Å². The van der Waals surface area contributed by atoms with Crippen molar-refractivity contribution in [1.29, 1.82) is 0 Å². The van der Waals surface area contributed by atoms with Crippen LogP contribution in [0, 0.1) is 5.92 Å². The molecule has 1 aliphatic heterocycles. The Kier molecular flexibility index (Phi) is 2.71. The second-order valence-corrected chi connectivity index (χ2v) is 4.25. The van der Waals surface area contributed by atoms with Gasteiger partial charge in [0.05, 0.1) is 0 Å². The predicted molar refractivity (Wildman–Crippen MR) is 60.5 cm³/mol. The number of rotatable bonds is 3. The molecular formula is C12H17NO2. The molecule has 0 fully saturated rings. The van der Waals surface area contributed by atoms with Crippen molar-refractivity contribution in [2.24, 2.45) is 5.92 Å². The molecule has 0 saturated carbocycles. The summed E-state index contributed by atoms with van der Waals surface area (Å²) in [5, 5.41) is 3.44. The van der Waals surface area contributed by atoms with Crippen LogP contribution in [0.1, 0.15) is 20.8 Å². The summed E-state index contributed by atoms with van der Waals surface area (Å²) in [5.41, 5.74) is 1.08. The minimum Gasteiger partial charge on any atom is -0.454 e. The van der Waals surface area contributed by atoms with E-state index in [-0.39, 0.29) is 0 Å². The highest BCUT2D eigenvalue weighted by atomic mass is 16.7. The van der Waals surface area contributed by atoms with E-state index in [0.717, 1.165) is 17.2 Å². The summed E-state index contributed by atoms with van der Waals surface area (Å²) in [7, 11) is 0. The van der Waals surface area contributed by atoms with E-state index in [0.29, 0.717) is 18.8 Å². The summed E-state index contributed by atoms with van der Waals surface area (Å²) in [4.78, 5) is 0. The monoisotopic (exact) mass is 207 g/mol. The molecule has 0 amide bonds. The van der Waals surface area contributed by atoms with Crippen LogP contribution < -0.4 is 14.8 Å². The summed E-state index contributed by atoms with van der Waals surface area (Å²) >= 11 is 0. The molecule has 82 valence electrons. The van der Waals surface area contributed by atoms with Crippen LogP contribution in [-0.2, 0) is 0 Å². The van der Waals surface area contributed by atoms with Crippen LogP contribution >= 0.6 is 0 Å². The molecule has 1 atom stereocenters. The zero-order valence-electron chi connectivity index (χ0n) is 9.41. The number of benzene rings is 1. The maximum Gasteiger partial charge on any atom is 0.231 e. The van der Waals surface area contributed by atoms with Gasteiger partial charge in [0.15, 0.2) is 11.5 Å². The van der Waals surface area contributed by atoms with Crippen molar-refractivity contribution in [1.82, 2.24) is 0 Å². The maximum atomic E-state index is 5.32. The molecule has 0 bridgehead atoms. The third-order valence-corrected chi connectivity index (χ3v) is 2.77. The Morgan fingerprint density at radius 1 is 1.13 bits per heavy atom. The van der Waals surface area contributed by atoms with E-state index in [1.54, 1.807) is 0 Å². The highest BCUT2D eigenvalue weighted by Gasteiger charge is 2.14. The Morgan fingerprint density at radius 3 is 2.60 bits per heavy atom. The first kappa shape index (κ1) is 10.1. The molecule has 1 aromatic rings. The van der Waals surface area contributed by atoms with Crippen molar-refractivity contribution < 1.29 is 9.47 Å². The van der Waals surface area contributed by atoms with Gasteiger partial charge in [0.1, 0.15) is 0 Å². The molecule has 3 nitrogen and oxygen atoms in total. The average molecular weight is 207 g/mol. The van der Waals surface area contributed by atoms with Gasteiger partial charge in [-0.2, -0.15) is 0 Å². The number of ether oxygens (including phenoxy) is 2. The standard InChI is InChI=1S/C12H17NO2/c1-8(2)9(3)13-10-4-5-11-12(6-10)15-7-14-11/h4-6,8-9,13H,7H2,1-3H3/t9-/m0/s1. The summed E-state index contributed by atoms with van der Waals surface area (Å²) in [6.07, 6.45) is 0. The predicted octanol–water partition coefficient (Wildman–Crippen LogP) is 2.87. The van der Waals surface area contributed by atoms with Gasteiger partial charge < -0.3 is 14.8 Å². The lowest BCUT2D eigenvalue weighted by Crippen LogP contribution is -2.21. The second-order valence-electron chi connectivity index (χ2n) is 4.25. The normalized spacial score (nSPS) is 15.5. The summed E-state index contributed by atoms with van der Waals surface area (Å²) < 4.78 is 10.6. The van der Waals surface area contributed by atoms with Gasteiger partial charge >= 0.3 is 0 Å². The zero-order chi connectivity index (χ0) is 10.8. The lowest BCUT2D eigenvalue weighted by Gasteiger charge is -2.18. The highest BCUT2D eigenvalue weighted by Crippen LogP contribution is 2.34. The Balaban J connectivity index is 2.10. The number of nitrogens with one attached hydrogen (secondary N) is 1. The molecule has 1 aliphatic rings. The molecule has 1 N–H and O–H groups in total. The van der Waals surface area contributed by atoms with Crippen LogP contribution in [0.3, 0.4) is 0 Å². The van der Waals surface area contributed by atoms with Crippen molar-refractivity contribution in [3.8, 4) is 11.5 Å². The van der Waals surface area contributed by atoms with Crippen molar-refractivity contribution in [2.75, 3.05) is 12.1 Å². The molecule has 0 saturated heterocycles. The molecule has 0 radical (unpaired) electrons. The molecular weight excluding hydrogens is 190 g/mol. The first-order valence-corrected chi connectivity index (χ1v) is 5.33. The largest absolute Gasteiger partial charge is 0.454 e. The molecule has 0 unspecified atom stereocenters. The van der Waals surface area contributed by atoms with Crippen molar-refractivity contribution in [2.45, 2.75) is 26.8 Å². The zero-order valence-corrected chi connectivity index (χ0v) is 9.41. The van der Waals surface area contributed by atoms with Crippen LogP contribution in [0.4, 0.5) is 5.69 Å². The van der Waals surface area contributed by atoms with Crippen molar-refractivity contribution in [3.05, 3.63) is 18.2 Å².